The summed E-state index contributed by atoms with van der Waals surface area (Å²) in [5, 5.41) is 8.06. The zero-order valence-corrected chi connectivity index (χ0v) is 13.3. The number of nitrogens with zero attached hydrogens (tertiary/aromatic N) is 2. The Morgan fingerprint density at radius 3 is 3.00 bits per heavy atom. The van der Waals surface area contributed by atoms with Gasteiger partial charge in [0, 0.05) is 17.1 Å². The summed E-state index contributed by atoms with van der Waals surface area (Å²) in [5.74, 6) is -0.0598. The average Bonchev–Trinajstić information content (AvgIpc) is 3.00. The molecular weight excluding hydrogens is 291 g/mol. The van der Waals surface area contributed by atoms with Crippen molar-refractivity contribution in [2.75, 3.05) is 5.73 Å². The standard InChI is InChI=1S/C18H19FN4/c1-9-4-3-5-11-6-13-12(8-22-23-13)15(14(9)11)18-16(19)17(20)10(2)7-21-18/h6-9H,3-5H2,1-2H3,(H2,20,21)(H,22,23). The number of pyridine rings is 1. The number of anilines is 1. The molecule has 2 heterocycles. The molecule has 118 valence electrons. The molecule has 1 atom stereocenters. The zero-order valence-electron chi connectivity index (χ0n) is 13.3. The quantitative estimate of drug-likeness (QED) is 0.711. The fourth-order valence-electron chi connectivity index (χ4n) is 3.69. The second-order valence-corrected chi connectivity index (χ2v) is 6.47. The van der Waals surface area contributed by atoms with Crippen molar-refractivity contribution in [2.24, 2.45) is 0 Å². The van der Waals surface area contributed by atoms with Crippen LogP contribution in [-0.4, -0.2) is 15.2 Å². The van der Waals surface area contributed by atoms with Crippen LogP contribution in [0.3, 0.4) is 0 Å². The predicted octanol–water partition coefficient (Wildman–Crippen LogP) is 4.09. The molecule has 1 aliphatic carbocycles. The highest BCUT2D eigenvalue weighted by molar-refractivity contribution is 5.97. The maximum absolute atomic E-state index is 14.9. The van der Waals surface area contributed by atoms with Crippen molar-refractivity contribution in [3.8, 4) is 11.3 Å². The van der Waals surface area contributed by atoms with Gasteiger partial charge >= 0.3 is 0 Å². The molecule has 4 nitrogen and oxygen atoms in total. The maximum Gasteiger partial charge on any atom is 0.172 e. The third-order valence-electron chi connectivity index (χ3n) is 4.94. The Hall–Kier alpha value is -2.43. The minimum Gasteiger partial charge on any atom is -0.396 e. The number of H-pyrrole nitrogens is 1. The molecule has 0 fully saturated rings. The summed E-state index contributed by atoms with van der Waals surface area (Å²) in [7, 11) is 0. The molecule has 0 bridgehead atoms. The highest BCUT2D eigenvalue weighted by Crippen LogP contribution is 2.43. The second kappa shape index (κ2) is 5.05. The maximum atomic E-state index is 14.9. The lowest BCUT2D eigenvalue weighted by molar-refractivity contribution is 0.590. The van der Waals surface area contributed by atoms with Gasteiger partial charge in [-0.25, -0.2) is 4.39 Å². The van der Waals surface area contributed by atoms with Crippen molar-refractivity contribution in [1.29, 1.82) is 0 Å². The minimum atomic E-state index is -0.432. The second-order valence-electron chi connectivity index (χ2n) is 6.47. The van der Waals surface area contributed by atoms with E-state index in [0.29, 0.717) is 17.2 Å². The van der Waals surface area contributed by atoms with Gasteiger partial charge in [0.05, 0.1) is 17.4 Å². The number of rotatable bonds is 1. The summed E-state index contributed by atoms with van der Waals surface area (Å²) in [5.41, 5.74) is 11.3. The Kier molecular flexibility index (Phi) is 3.11. The van der Waals surface area contributed by atoms with Crippen LogP contribution in [0.2, 0.25) is 0 Å². The SMILES string of the molecule is Cc1cnc(-c2c3c(cc4[nH]ncc24)CCCC3C)c(F)c1N. The molecule has 0 saturated carbocycles. The molecule has 3 N–H and O–H groups in total. The average molecular weight is 310 g/mol. The van der Waals surface area contributed by atoms with Gasteiger partial charge in [0.2, 0.25) is 0 Å². The van der Waals surface area contributed by atoms with Crippen molar-refractivity contribution >= 4 is 16.6 Å². The molecule has 0 saturated heterocycles. The van der Waals surface area contributed by atoms with Crippen LogP contribution in [0.1, 0.15) is 42.4 Å². The van der Waals surface area contributed by atoms with Crippen LogP contribution in [0.4, 0.5) is 10.1 Å². The lowest BCUT2D eigenvalue weighted by atomic mass is 9.79. The van der Waals surface area contributed by atoms with E-state index < -0.39 is 5.82 Å². The van der Waals surface area contributed by atoms with E-state index in [1.807, 2.05) is 0 Å². The van der Waals surface area contributed by atoms with Gasteiger partial charge in [-0.1, -0.05) is 6.92 Å². The number of aryl methyl sites for hydroxylation is 2. The summed E-state index contributed by atoms with van der Waals surface area (Å²) in [6.45, 7) is 3.97. The first kappa shape index (κ1) is 14.2. The van der Waals surface area contributed by atoms with Crippen molar-refractivity contribution in [2.45, 2.75) is 39.0 Å². The van der Waals surface area contributed by atoms with Gasteiger partial charge in [-0.05, 0) is 54.9 Å². The molecule has 2 aromatic heterocycles. The van der Waals surface area contributed by atoms with E-state index in [4.69, 9.17) is 5.73 Å². The largest absolute Gasteiger partial charge is 0.396 e. The van der Waals surface area contributed by atoms with E-state index in [9.17, 15) is 4.39 Å². The van der Waals surface area contributed by atoms with Crippen molar-refractivity contribution in [1.82, 2.24) is 15.2 Å². The smallest absolute Gasteiger partial charge is 0.172 e. The molecule has 1 aromatic carbocycles. The van der Waals surface area contributed by atoms with E-state index in [-0.39, 0.29) is 5.69 Å². The Bertz CT molecular complexity index is 913. The fourth-order valence-corrected chi connectivity index (χ4v) is 3.69. The van der Waals surface area contributed by atoms with Gasteiger partial charge in [0.15, 0.2) is 5.82 Å². The first-order valence-electron chi connectivity index (χ1n) is 7.97. The van der Waals surface area contributed by atoms with Crippen molar-refractivity contribution in [3.05, 3.63) is 41.0 Å². The number of aromatic nitrogens is 3. The number of hydrogen-bond donors (Lipinski definition) is 2. The van der Waals surface area contributed by atoms with Crippen molar-refractivity contribution < 1.29 is 4.39 Å². The van der Waals surface area contributed by atoms with Crippen LogP contribution in [0.15, 0.2) is 18.5 Å². The number of halogens is 1. The minimum absolute atomic E-state index is 0.174. The van der Waals surface area contributed by atoms with Gasteiger partial charge in [0.1, 0.15) is 5.69 Å². The monoisotopic (exact) mass is 310 g/mol. The van der Waals surface area contributed by atoms with Crippen LogP contribution in [0, 0.1) is 12.7 Å². The van der Waals surface area contributed by atoms with E-state index in [1.54, 1.807) is 19.3 Å². The van der Waals surface area contributed by atoms with Crippen LogP contribution >= 0.6 is 0 Å². The zero-order chi connectivity index (χ0) is 16.1. The van der Waals surface area contributed by atoms with Gasteiger partial charge in [0.25, 0.3) is 0 Å². The van der Waals surface area contributed by atoms with E-state index >= 15 is 0 Å². The number of hydrogen-bond acceptors (Lipinski definition) is 3. The third kappa shape index (κ3) is 2.03. The molecule has 5 heteroatoms. The van der Waals surface area contributed by atoms with Crippen LogP contribution in [-0.2, 0) is 6.42 Å². The number of nitrogen functional groups attached to an aromatic ring is 1. The molecule has 0 spiro atoms. The van der Waals surface area contributed by atoms with Crippen molar-refractivity contribution in [3.63, 3.8) is 0 Å². The lowest BCUT2D eigenvalue weighted by Crippen LogP contribution is -2.11. The Morgan fingerprint density at radius 2 is 2.17 bits per heavy atom. The van der Waals surface area contributed by atoms with E-state index in [2.05, 4.69) is 28.2 Å². The summed E-state index contributed by atoms with van der Waals surface area (Å²) in [6.07, 6.45) is 6.66. The highest BCUT2D eigenvalue weighted by atomic mass is 19.1. The van der Waals surface area contributed by atoms with Gasteiger partial charge in [-0.3, -0.25) is 10.1 Å². The number of nitrogens with two attached hydrogens (primary N) is 1. The Labute approximate surface area is 133 Å². The molecule has 0 amide bonds. The molecule has 1 aliphatic rings. The van der Waals surface area contributed by atoms with Crippen LogP contribution in [0.5, 0.6) is 0 Å². The molecule has 3 aromatic rings. The summed E-state index contributed by atoms with van der Waals surface area (Å²) < 4.78 is 14.9. The first-order chi connectivity index (χ1) is 11.1. The normalized spacial score (nSPS) is 17.4. The lowest BCUT2D eigenvalue weighted by Gasteiger charge is -2.26. The number of nitrogens with one attached hydrogen (secondary N) is 1. The predicted molar refractivity (Wildman–Crippen MR) is 89.8 cm³/mol. The number of benzene rings is 1. The molecule has 0 radical (unpaired) electrons. The summed E-state index contributed by atoms with van der Waals surface area (Å²) in [6, 6.07) is 2.15. The molecular formula is C18H19FN4. The molecule has 0 aliphatic heterocycles. The summed E-state index contributed by atoms with van der Waals surface area (Å²) >= 11 is 0. The molecule has 4 rings (SSSR count). The number of fused-ring (bicyclic) bond motifs is 2. The topological polar surface area (TPSA) is 67.6 Å². The van der Waals surface area contributed by atoms with Gasteiger partial charge < -0.3 is 5.73 Å². The Morgan fingerprint density at radius 1 is 1.35 bits per heavy atom. The summed E-state index contributed by atoms with van der Waals surface area (Å²) in [4.78, 5) is 4.38. The number of aromatic amines is 1. The van der Waals surface area contributed by atoms with Crippen LogP contribution in [0.25, 0.3) is 22.2 Å². The fraction of sp³-hybridized carbons (Fsp3) is 0.333. The highest BCUT2D eigenvalue weighted by Gasteiger charge is 2.26. The van der Waals surface area contributed by atoms with E-state index in [1.165, 1.54) is 11.1 Å². The Balaban J connectivity index is 2.12. The van der Waals surface area contributed by atoms with Crippen LogP contribution < -0.4 is 5.73 Å². The first-order valence-corrected chi connectivity index (χ1v) is 7.97. The molecule has 1 unspecified atom stereocenters. The van der Waals surface area contributed by atoms with Gasteiger partial charge in [-0.15, -0.1) is 0 Å². The third-order valence-corrected chi connectivity index (χ3v) is 4.94. The van der Waals surface area contributed by atoms with Gasteiger partial charge in [-0.2, -0.15) is 5.10 Å². The van der Waals surface area contributed by atoms with E-state index in [0.717, 1.165) is 35.7 Å². The molecule has 23 heavy (non-hydrogen) atoms.